The quantitative estimate of drug-likeness (QED) is 0.763. The van der Waals surface area contributed by atoms with Crippen molar-refractivity contribution in [2.45, 2.75) is 64.8 Å². The normalized spacial score (nSPS) is 21.6. The molecule has 0 bridgehead atoms. The minimum Gasteiger partial charge on any atom is -0.381 e. The number of nitrogens with zero attached hydrogens (tertiary/aromatic N) is 2. The van der Waals surface area contributed by atoms with Crippen molar-refractivity contribution in [2.24, 2.45) is 0 Å². The van der Waals surface area contributed by atoms with Crippen LogP contribution in [-0.2, 0) is 15.7 Å². The number of imidazole rings is 1. The van der Waals surface area contributed by atoms with Gasteiger partial charge in [0.25, 0.3) is 0 Å². The van der Waals surface area contributed by atoms with Gasteiger partial charge in [-0.3, -0.25) is 0 Å². The van der Waals surface area contributed by atoms with Gasteiger partial charge in [-0.1, -0.05) is 20.8 Å². The van der Waals surface area contributed by atoms with Gasteiger partial charge in [0.05, 0.1) is 12.3 Å². The topological polar surface area (TPSA) is 27.1 Å². The van der Waals surface area contributed by atoms with Gasteiger partial charge in [0.2, 0.25) is 0 Å². The summed E-state index contributed by atoms with van der Waals surface area (Å²) in [6.07, 6.45) is 3.32. The van der Waals surface area contributed by atoms with E-state index in [1.165, 1.54) is 11.5 Å². The molecule has 0 N–H and O–H groups in total. The lowest BCUT2D eigenvalue weighted by atomic mass is 9.93. The van der Waals surface area contributed by atoms with Crippen LogP contribution in [0, 0.1) is 0 Å². The Labute approximate surface area is 111 Å². The number of ether oxygens (including phenoxy) is 1. The van der Waals surface area contributed by atoms with Crippen LogP contribution in [0.25, 0.3) is 0 Å². The van der Waals surface area contributed by atoms with Crippen LogP contribution in [0.15, 0.2) is 6.20 Å². The Kier molecular flexibility index (Phi) is 3.30. The Morgan fingerprint density at radius 3 is 2.33 bits per heavy atom. The monoisotopic (exact) mass is 250 g/mol. The van der Waals surface area contributed by atoms with Crippen molar-refractivity contribution in [1.82, 2.24) is 9.55 Å². The molecule has 0 amide bonds. The van der Waals surface area contributed by atoms with Crippen LogP contribution in [0.2, 0.25) is 0 Å². The van der Waals surface area contributed by atoms with E-state index in [0.717, 1.165) is 19.6 Å². The van der Waals surface area contributed by atoms with Crippen molar-refractivity contribution in [1.29, 1.82) is 0 Å². The number of hydrogen-bond donors (Lipinski definition) is 0. The summed E-state index contributed by atoms with van der Waals surface area (Å²) in [4.78, 5) is 4.91. The summed E-state index contributed by atoms with van der Waals surface area (Å²) < 4.78 is 7.86. The molecule has 1 aromatic rings. The van der Waals surface area contributed by atoms with E-state index in [1.807, 2.05) is 0 Å². The van der Waals surface area contributed by atoms with E-state index in [2.05, 4.69) is 52.3 Å². The molecule has 1 saturated heterocycles. The highest BCUT2D eigenvalue weighted by molar-refractivity contribution is 5.18. The molecule has 1 aliphatic heterocycles. The van der Waals surface area contributed by atoms with E-state index in [9.17, 15) is 0 Å². The second-order valence-electron chi connectivity index (χ2n) is 7.34. The van der Waals surface area contributed by atoms with Crippen LogP contribution in [0.3, 0.4) is 0 Å². The Bertz CT molecular complexity index is 415. The lowest BCUT2D eigenvalue weighted by Gasteiger charge is -2.25. The third-order valence-corrected chi connectivity index (χ3v) is 3.52. The Morgan fingerprint density at radius 2 is 1.89 bits per heavy atom. The van der Waals surface area contributed by atoms with Crippen molar-refractivity contribution in [3.63, 3.8) is 0 Å². The van der Waals surface area contributed by atoms with Crippen LogP contribution in [0.1, 0.15) is 65.4 Å². The van der Waals surface area contributed by atoms with E-state index < -0.39 is 0 Å². The zero-order valence-corrected chi connectivity index (χ0v) is 12.6. The summed E-state index contributed by atoms with van der Waals surface area (Å²) in [6, 6.07) is 0. The molecule has 0 spiro atoms. The van der Waals surface area contributed by atoms with Crippen molar-refractivity contribution in [2.75, 3.05) is 13.2 Å². The summed E-state index contributed by atoms with van der Waals surface area (Å²) in [5.41, 5.74) is 1.36. The molecule has 3 heteroatoms. The third-order valence-electron chi connectivity index (χ3n) is 3.52. The van der Waals surface area contributed by atoms with Crippen LogP contribution in [0.5, 0.6) is 0 Å². The van der Waals surface area contributed by atoms with Gasteiger partial charge in [-0.2, -0.15) is 0 Å². The molecule has 1 aliphatic rings. The van der Waals surface area contributed by atoms with Crippen LogP contribution >= 0.6 is 0 Å². The minimum atomic E-state index is 0.0778. The molecule has 1 atom stereocenters. The van der Waals surface area contributed by atoms with E-state index in [-0.39, 0.29) is 11.0 Å². The van der Waals surface area contributed by atoms with E-state index in [1.54, 1.807) is 0 Å². The highest BCUT2D eigenvalue weighted by Crippen LogP contribution is 2.32. The first kappa shape index (κ1) is 13.6. The average Bonchev–Trinajstić information content (AvgIpc) is 2.84. The highest BCUT2D eigenvalue weighted by atomic mass is 16.5. The van der Waals surface area contributed by atoms with Gasteiger partial charge in [-0.05, 0) is 27.2 Å². The molecule has 2 heterocycles. The summed E-state index contributed by atoms with van der Waals surface area (Å²) in [5, 5.41) is 0. The largest absolute Gasteiger partial charge is 0.381 e. The standard InChI is InChI=1S/C15H26N2O/c1-14(2,3)12-9-17(15(4,5)6)13(16-12)11-7-8-18-10-11/h9,11H,7-8,10H2,1-6H3. The fraction of sp³-hybridized carbons (Fsp3) is 0.800. The predicted molar refractivity (Wildman–Crippen MR) is 74.1 cm³/mol. The molecule has 1 aromatic heterocycles. The molecule has 0 aromatic carbocycles. The zero-order chi connectivity index (χ0) is 13.6. The van der Waals surface area contributed by atoms with Gasteiger partial charge in [0, 0.05) is 29.7 Å². The van der Waals surface area contributed by atoms with Gasteiger partial charge in [-0.15, -0.1) is 0 Å². The molecule has 102 valence electrons. The first-order valence-corrected chi connectivity index (χ1v) is 6.87. The van der Waals surface area contributed by atoms with E-state index in [4.69, 9.17) is 9.72 Å². The minimum absolute atomic E-state index is 0.0778. The smallest absolute Gasteiger partial charge is 0.115 e. The van der Waals surface area contributed by atoms with Crippen molar-refractivity contribution < 1.29 is 4.74 Å². The van der Waals surface area contributed by atoms with Gasteiger partial charge >= 0.3 is 0 Å². The Balaban J connectivity index is 2.45. The fourth-order valence-electron chi connectivity index (χ4n) is 2.32. The average molecular weight is 250 g/mol. The van der Waals surface area contributed by atoms with Gasteiger partial charge in [0.15, 0.2) is 0 Å². The maximum Gasteiger partial charge on any atom is 0.115 e. The third kappa shape index (κ3) is 2.61. The first-order valence-electron chi connectivity index (χ1n) is 6.87. The molecule has 18 heavy (non-hydrogen) atoms. The van der Waals surface area contributed by atoms with Crippen LogP contribution < -0.4 is 0 Å². The number of rotatable bonds is 1. The molecule has 0 radical (unpaired) electrons. The summed E-state index contributed by atoms with van der Waals surface area (Å²) in [6.45, 7) is 15.1. The first-order chi connectivity index (χ1) is 8.19. The lowest BCUT2D eigenvalue weighted by molar-refractivity contribution is 0.192. The molecular formula is C15H26N2O. The zero-order valence-electron chi connectivity index (χ0n) is 12.6. The summed E-state index contributed by atoms with van der Waals surface area (Å²) in [7, 11) is 0. The highest BCUT2D eigenvalue weighted by Gasteiger charge is 2.30. The van der Waals surface area contributed by atoms with Crippen LogP contribution in [-0.4, -0.2) is 22.8 Å². The predicted octanol–water partition coefficient (Wildman–Crippen LogP) is 3.44. The summed E-state index contributed by atoms with van der Waals surface area (Å²) >= 11 is 0. The Hall–Kier alpha value is -0.830. The molecular weight excluding hydrogens is 224 g/mol. The molecule has 3 nitrogen and oxygen atoms in total. The number of aromatic nitrogens is 2. The Morgan fingerprint density at radius 1 is 1.22 bits per heavy atom. The lowest BCUT2D eigenvalue weighted by Crippen LogP contribution is -2.25. The van der Waals surface area contributed by atoms with Crippen molar-refractivity contribution >= 4 is 0 Å². The maximum absolute atomic E-state index is 5.52. The van der Waals surface area contributed by atoms with Crippen LogP contribution in [0.4, 0.5) is 0 Å². The van der Waals surface area contributed by atoms with Crippen molar-refractivity contribution in [3.8, 4) is 0 Å². The SMILES string of the molecule is CC(C)(C)c1cn(C(C)(C)C)c(C2CCOC2)n1. The van der Waals surface area contributed by atoms with E-state index in [0.29, 0.717) is 5.92 Å². The molecule has 0 saturated carbocycles. The summed E-state index contributed by atoms with van der Waals surface area (Å²) in [5.74, 6) is 1.66. The molecule has 2 rings (SSSR count). The van der Waals surface area contributed by atoms with Gasteiger partial charge in [0.1, 0.15) is 5.82 Å². The molecule has 1 unspecified atom stereocenters. The second kappa shape index (κ2) is 4.37. The van der Waals surface area contributed by atoms with E-state index >= 15 is 0 Å². The van der Waals surface area contributed by atoms with Crippen molar-refractivity contribution in [3.05, 3.63) is 17.7 Å². The second-order valence-corrected chi connectivity index (χ2v) is 7.34. The van der Waals surface area contributed by atoms with Gasteiger partial charge in [-0.25, -0.2) is 4.98 Å². The molecule has 1 fully saturated rings. The number of hydrogen-bond acceptors (Lipinski definition) is 2. The van der Waals surface area contributed by atoms with Gasteiger partial charge < -0.3 is 9.30 Å². The molecule has 0 aliphatic carbocycles. The maximum atomic E-state index is 5.52. The fourth-order valence-corrected chi connectivity index (χ4v) is 2.32.